The lowest BCUT2D eigenvalue weighted by molar-refractivity contribution is 0.340. The number of halogens is 1. The first-order valence-corrected chi connectivity index (χ1v) is 7.19. The van der Waals surface area contributed by atoms with E-state index >= 15 is 0 Å². The lowest BCUT2D eigenvalue weighted by atomic mass is 9.95. The highest BCUT2D eigenvalue weighted by Gasteiger charge is 2.14. The van der Waals surface area contributed by atoms with Crippen LogP contribution in [0, 0.1) is 6.92 Å². The summed E-state index contributed by atoms with van der Waals surface area (Å²) in [5.74, 6) is 0.897. The second kappa shape index (κ2) is 6.78. The predicted octanol–water partition coefficient (Wildman–Crippen LogP) is 4.36. The number of rotatable bonds is 5. The summed E-state index contributed by atoms with van der Waals surface area (Å²) in [6.07, 6.45) is 0. The highest BCUT2D eigenvalue weighted by Crippen LogP contribution is 2.28. The fourth-order valence-corrected chi connectivity index (χ4v) is 2.53. The van der Waals surface area contributed by atoms with E-state index in [0.717, 1.165) is 10.8 Å². The molecule has 2 rings (SSSR count). The zero-order chi connectivity index (χ0) is 14.5. The first kappa shape index (κ1) is 14.9. The molecule has 0 aliphatic carbocycles. The standard InChI is InChI=1S/C17H20ClNO/c1-4-20-15-9-6-13(7-10-15)17(19-3)16-11-14(18)8-5-12(16)2/h5-11,17,19H,4H2,1-3H3. The summed E-state index contributed by atoms with van der Waals surface area (Å²) < 4.78 is 5.48. The molecule has 0 aliphatic heterocycles. The molecule has 3 heteroatoms. The topological polar surface area (TPSA) is 21.3 Å². The third-order valence-electron chi connectivity index (χ3n) is 3.37. The Kier molecular flexibility index (Phi) is 5.05. The average molecular weight is 290 g/mol. The normalized spacial score (nSPS) is 12.2. The lowest BCUT2D eigenvalue weighted by Crippen LogP contribution is -2.18. The van der Waals surface area contributed by atoms with Gasteiger partial charge < -0.3 is 10.1 Å². The van der Waals surface area contributed by atoms with E-state index in [4.69, 9.17) is 16.3 Å². The van der Waals surface area contributed by atoms with E-state index < -0.39 is 0 Å². The summed E-state index contributed by atoms with van der Waals surface area (Å²) in [4.78, 5) is 0. The Hall–Kier alpha value is -1.51. The van der Waals surface area contributed by atoms with Crippen LogP contribution in [0.3, 0.4) is 0 Å². The van der Waals surface area contributed by atoms with Gasteiger partial charge >= 0.3 is 0 Å². The number of hydrogen-bond acceptors (Lipinski definition) is 2. The predicted molar refractivity (Wildman–Crippen MR) is 84.7 cm³/mol. The van der Waals surface area contributed by atoms with Gasteiger partial charge in [-0.25, -0.2) is 0 Å². The van der Waals surface area contributed by atoms with Gasteiger partial charge in [0, 0.05) is 5.02 Å². The van der Waals surface area contributed by atoms with Crippen LogP contribution in [0.2, 0.25) is 5.02 Å². The van der Waals surface area contributed by atoms with Crippen molar-refractivity contribution in [2.75, 3.05) is 13.7 Å². The van der Waals surface area contributed by atoms with E-state index in [2.05, 4.69) is 30.4 Å². The fourth-order valence-electron chi connectivity index (χ4n) is 2.35. The molecule has 0 radical (unpaired) electrons. The van der Waals surface area contributed by atoms with Crippen LogP contribution < -0.4 is 10.1 Å². The van der Waals surface area contributed by atoms with Gasteiger partial charge in [-0.05, 0) is 61.9 Å². The summed E-state index contributed by atoms with van der Waals surface area (Å²) in [6.45, 7) is 4.77. The quantitative estimate of drug-likeness (QED) is 0.883. The zero-order valence-corrected chi connectivity index (χ0v) is 12.9. The monoisotopic (exact) mass is 289 g/mol. The largest absolute Gasteiger partial charge is 0.494 e. The van der Waals surface area contributed by atoms with Crippen LogP contribution in [-0.2, 0) is 0 Å². The first-order chi connectivity index (χ1) is 9.65. The second-order valence-corrected chi connectivity index (χ2v) is 5.16. The zero-order valence-electron chi connectivity index (χ0n) is 12.1. The Labute approximate surface area is 125 Å². The van der Waals surface area contributed by atoms with Crippen molar-refractivity contribution in [3.8, 4) is 5.75 Å². The van der Waals surface area contributed by atoms with Crippen molar-refractivity contribution in [2.24, 2.45) is 0 Å². The van der Waals surface area contributed by atoms with Gasteiger partial charge in [0.1, 0.15) is 5.75 Å². The molecule has 0 saturated carbocycles. The van der Waals surface area contributed by atoms with Crippen molar-refractivity contribution in [3.63, 3.8) is 0 Å². The van der Waals surface area contributed by atoms with Crippen LogP contribution in [0.5, 0.6) is 5.75 Å². The molecule has 1 unspecified atom stereocenters. The number of aryl methyl sites for hydroxylation is 1. The van der Waals surface area contributed by atoms with Crippen molar-refractivity contribution in [1.29, 1.82) is 0 Å². The van der Waals surface area contributed by atoms with Crippen LogP contribution >= 0.6 is 11.6 Å². The van der Waals surface area contributed by atoms with Gasteiger partial charge in [0.15, 0.2) is 0 Å². The molecule has 0 aromatic heterocycles. The average Bonchev–Trinajstić information content (AvgIpc) is 2.45. The molecule has 0 fully saturated rings. The van der Waals surface area contributed by atoms with Crippen LogP contribution in [0.15, 0.2) is 42.5 Å². The molecule has 0 heterocycles. The van der Waals surface area contributed by atoms with Crippen LogP contribution in [0.25, 0.3) is 0 Å². The van der Waals surface area contributed by atoms with Crippen LogP contribution in [-0.4, -0.2) is 13.7 Å². The summed E-state index contributed by atoms with van der Waals surface area (Å²) in [6, 6.07) is 14.3. The molecule has 0 aliphatic rings. The molecule has 0 saturated heterocycles. The molecule has 20 heavy (non-hydrogen) atoms. The third kappa shape index (κ3) is 3.33. The minimum absolute atomic E-state index is 0.129. The molecular formula is C17H20ClNO. The molecular weight excluding hydrogens is 270 g/mol. The Morgan fingerprint density at radius 2 is 1.85 bits per heavy atom. The second-order valence-electron chi connectivity index (χ2n) is 4.72. The van der Waals surface area contributed by atoms with E-state index in [0.29, 0.717) is 6.61 Å². The number of benzene rings is 2. The fraction of sp³-hybridized carbons (Fsp3) is 0.294. The van der Waals surface area contributed by atoms with E-state index in [1.165, 1.54) is 16.7 Å². The maximum Gasteiger partial charge on any atom is 0.119 e. The molecule has 0 spiro atoms. The van der Waals surface area contributed by atoms with Gasteiger partial charge in [0.2, 0.25) is 0 Å². The smallest absolute Gasteiger partial charge is 0.119 e. The Bertz CT molecular complexity index is 566. The van der Waals surface area contributed by atoms with Crippen LogP contribution in [0.4, 0.5) is 0 Å². The van der Waals surface area contributed by atoms with E-state index in [1.807, 2.05) is 38.2 Å². The van der Waals surface area contributed by atoms with Crippen LogP contribution in [0.1, 0.15) is 29.7 Å². The molecule has 1 atom stereocenters. The minimum atomic E-state index is 0.129. The van der Waals surface area contributed by atoms with Crippen molar-refractivity contribution in [2.45, 2.75) is 19.9 Å². The molecule has 0 amide bonds. The summed E-state index contributed by atoms with van der Waals surface area (Å²) >= 11 is 6.12. The number of ether oxygens (including phenoxy) is 1. The Morgan fingerprint density at radius 3 is 2.45 bits per heavy atom. The van der Waals surface area contributed by atoms with Gasteiger partial charge in [0.05, 0.1) is 12.6 Å². The molecule has 2 aromatic carbocycles. The van der Waals surface area contributed by atoms with Crippen molar-refractivity contribution in [1.82, 2.24) is 5.32 Å². The maximum atomic E-state index is 6.12. The van der Waals surface area contributed by atoms with Gasteiger partial charge in [-0.1, -0.05) is 29.8 Å². The van der Waals surface area contributed by atoms with E-state index in [-0.39, 0.29) is 6.04 Å². The Morgan fingerprint density at radius 1 is 1.15 bits per heavy atom. The van der Waals surface area contributed by atoms with Crippen molar-refractivity contribution >= 4 is 11.6 Å². The molecule has 1 N–H and O–H groups in total. The van der Waals surface area contributed by atoms with Gasteiger partial charge in [-0.2, -0.15) is 0 Å². The lowest BCUT2D eigenvalue weighted by Gasteiger charge is -2.20. The highest BCUT2D eigenvalue weighted by molar-refractivity contribution is 6.30. The van der Waals surface area contributed by atoms with Gasteiger partial charge in [-0.15, -0.1) is 0 Å². The van der Waals surface area contributed by atoms with Gasteiger partial charge in [-0.3, -0.25) is 0 Å². The highest BCUT2D eigenvalue weighted by atomic mass is 35.5. The number of nitrogens with one attached hydrogen (secondary N) is 1. The van der Waals surface area contributed by atoms with Crippen molar-refractivity contribution < 1.29 is 4.74 Å². The maximum absolute atomic E-state index is 6.12. The Balaban J connectivity index is 2.34. The van der Waals surface area contributed by atoms with E-state index in [9.17, 15) is 0 Å². The summed E-state index contributed by atoms with van der Waals surface area (Å²) in [7, 11) is 1.96. The van der Waals surface area contributed by atoms with Crippen molar-refractivity contribution in [3.05, 3.63) is 64.2 Å². The third-order valence-corrected chi connectivity index (χ3v) is 3.60. The SMILES string of the molecule is CCOc1ccc(C(NC)c2cc(Cl)ccc2C)cc1. The van der Waals surface area contributed by atoms with Gasteiger partial charge in [0.25, 0.3) is 0 Å². The molecule has 2 nitrogen and oxygen atoms in total. The summed E-state index contributed by atoms with van der Waals surface area (Å²) in [5.41, 5.74) is 3.62. The first-order valence-electron chi connectivity index (χ1n) is 6.81. The molecule has 2 aromatic rings. The minimum Gasteiger partial charge on any atom is -0.494 e. The molecule has 0 bridgehead atoms. The molecule has 106 valence electrons. The summed E-state index contributed by atoms with van der Waals surface area (Å²) in [5, 5.41) is 4.12. The van der Waals surface area contributed by atoms with E-state index in [1.54, 1.807) is 0 Å². The number of hydrogen-bond donors (Lipinski definition) is 1.